The molecule has 1 unspecified atom stereocenters. The quantitative estimate of drug-likeness (QED) is 0.440. The number of thiophene rings is 1. The van der Waals surface area contributed by atoms with E-state index >= 15 is 0 Å². The largest absolute Gasteiger partial charge is 0.394 e. The van der Waals surface area contributed by atoms with Crippen LogP contribution in [0, 0.1) is 5.82 Å². The first-order valence-electron chi connectivity index (χ1n) is 11.3. The number of aryl methyl sites for hydroxylation is 2. The molecule has 2 aliphatic rings. The van der Waals surface area contributed by atoms with E-state index in [1.165, 1.54) is 27.8 Å². The molecule has 0 fully saturated rings. The molecule has 3 aromatic rings. The van der Waals surface area contributed by atoms with Gasteiger partial charge < -0.3 is 15.7 Å². The zero-order valence-electron chi connectivity index (χ0n) is 18.5. The van der Waals surface area contributed by atoms with Crippen molar-refractivity contribution in [1.29, 1.82) is 0 Å². The van der Waals surface area contributed by atoms with Gasteiger partial charge in [0, 0.05) is 29.3 Å². The highest BCUT2D eigenvalue weighted by Crippen LogP contribution is 2.33. The van der Waals surface area contributed by atoms with Crippen molar-refractivity contribution in [2.45, 2.75) is 44.7 Å². The standard InChI is InChI=1S/C24H25FN6O2S/c25-18-6-5-15(11-20(18)28-24(33)22-12-16-3-1-2-4-21(16)34-22)19-13-17(14-26-29-19)27-23-7-8-31(30-23)9-10-32/h5-8,11-12,14,19,32H,1-4,9-10,13H2,(H,27,30)(H,28,33). The van der Waals surface area contributed by atoms with Gasteiger partial charge in [0.15, 0.2) is 5.82 Å². The summed E-state index contributed by atoms with van der Waals surface area (Å²) < 4.78 is 16.2. The molecule has 3 heterocycles. The number of azo groups is 1. The third-order valence-corrected chi connectivity index (χ3v) is 7.17. The van der Waals surface area contributed by atoms with Gasteiger partial charge in [-0.15, -0.1) is 11.3 Å². The Labute approximate surface area is 200 Å². The van der Waals surface area contributed by atoms with Gasteiger partial charge in [-0.25, -0.2) is 4.39 Å². The molecule has 0 bridgehead atoms. The molecule has 1 aliphatic carbocycles. The van der Waals surface area contributed by atoms with Crippen molar-refractivity contribution in [3.05, 3.63) is 75.1 Å². The number of nitrogens with zero attached hydrogens (tertiary/aromatic N) is 4. The van der Waals surface area contributed by atoms with Crippen molar-refractivity contribution in [3.63, 3.8) is 0 Å². The predicted molar refractivity (Wildman–Crippen MR) is 129 cm³/mol. The molecular weight excluding hydrogens is 455 g/mol. The van der Waals surface area contributed by atoms with E-state index in [4.69, 9.17) is 5.11 Å². The molecule has 2 aromatic heterocycles. The van der Waals surface area contributed by atoms with Crippen LogP contribution in [0.5, 0.6) is 0 Å². The Hall–Kier alpha value is -3.37. The van der Waals surface area contributed by atoms with Crippen LogP contribution in [-0.4, -0.2) is 27.4 Å². The number of carbonyl (C=O) groups is 1. The van der Waals surface area contributed by atoms with Crippen LogP contribution < -0.4 is 10.6 Å². The number of rotatable bonds is 7. The Bertz CT molecular complexity index is 1240. The predicted octanol–water partition coefficient (Wildman–Crippen LogP) is 5.06. The number of aromatic nitrogens is 2. The molecule has 1 aliphatic heterocycles. The van der Waals surface area contributed by atoms with Gasteiger partial charge in [-0.1, -0.05) is 6.07 Å². The zero-order chi connectivity index (χ0) is 23.5. The topological polar surface area (TPSA) is 104 Å². The van der Waals surface area contributed by atoms with E-state index in [9.17, 15) is 9.18 Å². The highest BCUT2D eigenvalue weighted by molar-refractivity contribution is 7.14. The first-order valence-corrected chi connectivity index (χ1v) is 12.1. The average molecular weight is 481 g/mol. The fraction of sp³-hybridized carbons (Fsp3) is 0.333. The summed E-state index contributed by atoms with van der Waals surface area (Å²) in [7, 11) is 0. The minimum absolute atomic E-state index is 0.0123. The fourth-order valence-electron chi connectivity index (χ4n) is 4.21. The van der Waals surface area contributed by atoms with Crippen LogP contribution >= 0.6 is 11.3 Å². The minimum atomic E-state index is -0.491. The fourth-order valence-corrected chi connectivity index (χ4v) is 5.35. The van der Waals surface area contributed by atoms with Crippen LogP contribution in [0.1, 0.15) is 51.0 Å². The number of fused-ring (bicyclic) bond motifs is 1. The molecule has 5 rings (SSSR count). The maximum Gasteiger partial charge on any atom is 0.265 e. The third-order valence-electron chi connectivity index (χ3n) is 5.94. The van der Waals surface area contributed by atoms with E-state index in [0.717, 1.165) is 36.9 Å². The molecule has 10 heteroatoms. The first kappa shape index (κ1) is 22.4. The second kappa shape index (κ2) is 9.86. The molecule has 1 aromatic carbocycles. The van der Waals surface area contributed by atoms with E-state index < -0.39 is 5.82 Å². The second-order valence-electron chi connectivity index (χ2n) is 8.38. The average Bonchev–Trinajstić information content (AvgIpc) is 3.48. The Morgan fingerprint density at radius 1 is 1.24 bits per heavy atom. The molecule has 0 saturated heterocycles. The maximum absolute atomic E-state index is 14.6. The van der Waals surface area contributed by atoms with Crippen molar-refractivity contribution < 1.29 is 14.3 Å². The normalized spacial score (nSPS) is 17.2. The second-order valence-corrected chi connectivity index (χ2v) is 9.51. The Balaban J connectivity index is 1.27. The zero-order valence-corrected chi connectivity index (χ0v) is 19.3. The summed E-state index contributed by atoms with van der Waals surface area (Å²) in [6.07, 6.45) is 8.24. The van der Waals surface area contributed by atoms with Crippen LogP contribution in [-0.2, 0) is 19.4 Å². The minimum Gasteiger partial charge on any atom is -0.394 e. The van der Waals surface area contributed by atoms with E-state index in [0.29, 0.717) is 23.7 Å². The molecule has 1 atom stereocenters. The summed E-state index contributed by atoms with van der Waals surface area (Å²) >= 11 is 1.50. The number of anilines is 2. The van der Waals surface area contributed by atoms with Crippen LogP contribution in [0.4, 0.5) is 15.9 Å². The molecular formula is C24H25FN6O2S. The lowest BCUT2D eigenvalue weighted by molar-refractivity contribution is 0.103. The Morgan fingerprint density at radius 3 is 2.97 bits per heavy atom. The van der Waals surface area contributed by atoms with E-state index in [2.05, 4.69) is 26.0 Å². The number of amides is 1. The monoisotopic (exact) mass is 480 g/mol. The smallest absolute Gasteiger partial charge is 0.265 e. The molecule has 3 N–H and O–H groups in total. The Kier molecular flexibility index (Phi) is 6.50. The molecule has 1 amide bonds. The van der Waals surface area contributed by atoms with Crippen LogP contribution in [0.2, 0.25) is 0 Å². The molecule has 0 saturated carbocycles. The lowest BCUT2D eigenvalue weighted by Crippen LogP contribution is -2.13. The van der Waals surface area contributed by atoms with Crippen LogP contribution in [0.15, 0.2) is 58.7 Å². The summed E-state index contributed by atoms with van der Waals surface area (Å²) in [5.41, 5.74) is 2.94. The highest BCUT2D eigenvalue weighted by Gasteiger charge is 2.21. The first-order chi connectivity index (χ1) is 16.6. The van der Waals surface area contributed by atoms with Gasteiger partial charge in [-0.2, -0.15) is 15.3 Å². The molecule has 176 valence electrons. The Morgan fingerprint density at radius 2 is 2.12 bits per heavy atom. The number of hydrogen-bond donors (Lipinski definition) is 3. The van der Waals surface area contributed by atoms with Gasteiger partial charge in [0.25, 0.3) is 5.91 Å². The molecule has 0 radical (unpaired) electrons. The lowest BCUT2D eigenvalue weighted by atomic mass is 9.99. The third kappa shape index (κ3) is 4.92. The van der Waals surface area contributed by atoms with E-state index in [-0.39, 0.29) is 24.2 Å². The summed E-state index contributed by atoms with van der Waals surface area (Å²) in [5.74, 6) is -0.142. The van der Waals surface area contributed by atoms with Gasteiger partial charge in [-0.05, 0) is 55.0 Å². The van der Waals surface area contributed by atoms with Crippen molar-refractivity contribution in [1.82, 2.24) is 9.78 Å². The number of benzene rings is 1. The molecule has 8 nitrogen and oxygen atoms in total. The van der Waals surface area contributed by atoms with Crippen molar-refractivity contribution in [2.75, 3.05) is 17.2 Å². The van der Waals surface area contributed by atoms with Crippen LogP contribution in [0.25, 0.3) is 0 Å². The number of halogens is 1. The molecule has 34 heavy (non-hydrogen) atoms. The maximum atomic E-state index is 14.6. The van der Waals surface area contributed by atoms with Gasteiger partial charge >= 0.3 is 0 Å². The summed E-state index contributed by atoms with van der Waals surface area (Å²) in [6.45, 7) is 0.430. The lowest BCUT2D eigenvalue weighted by Gasteiger charge is -2.18. The number of nitrogens with one attached hydrogen (secondary N) is 2. The van der Waals surface area contributed by atoms with Crippen molar-refractivity contribution >= 4 is 28.7 Å². The van der Waals surface area contributed by atoms with Gasteiger partial charge in [-0.3, -0.25) is 9.48 Å². The summed E-state index contributed by atoms with van der Waals surface area (Å²) in [4.78, 5) is 14.7. The summed E-state index contributed by atoms with van der Waals surface area (Å²) in [6, 6.07) is 8.07. The number of carbonyl (C=O) groups excluding carboxylic acids is 1. The van der Waals surface area contributed by atoms with Gasteiger partial charge in [0.2, 0.25) is 0 Å². The van der Waals surface area contributed by atoms with Gasteiger partial charge in [0.1, 0.15) is 11.9 Å². The van der Waals surface area contributed by atoms with Crippen molar-refractivity contribution in [3.8, 4) is 0 Å². The number of hydrogen-bond acceptors (Lipinski definition) is 7. The highest BCUT2D eigenvalue weighted by atomic mass is 32.1. The molecule has 0 spiro atoms. The number of aliphatic hydroxyl groups is 1. The van der Waals surface area contributed by atoms with E-state index in [1.807, 2.05) is 12.1 Å². The van der Waals surface area contributed by atoms with Crippen molar-refractivity contribution in [2.24, 2.45) is 10.2 Å². The van der Waals surface area contributed by atoms with Gasteiger partial charge in [0.05, 0.1) is 29.9 Å². The van der Waals surface area contributed by atoms with Crippen LogP contribution in [0.3, 0.4) is 0 Å². The number of aliphatic hydroxyl groups excluding tert-OH is 1. The van der Waals surface area contributed by atoms with E-state index in [1.54, 1.807) is 29.2 Å². The summed E-state index contributed by atoms with van der Waals surface area (Å²) in [5, 5.41) is 27.7. The SMILES string of the molecule is O=C(Nc1cc(C2CC(Nc3ccn(CCO)n3)=CN=N2)ccc1F)c1cc2c(s1)CCCC2.